The maximum Gasteiger partial charge on any atom is 0.320 e. The Bertz CT molecular complexity index is 202. The molecule has 0 heterocycles. The maximum atomic E-state index is 10.3. The number of hydrogen-bond acceptors (Lipinski definition) is 4. The predicted molar refractivity (Wildman–Crippen MR) is 41.3 cm³/mol. The molecule has 0 radical (unpaired) electrons. The van der Waals surface area contributed by atoms with Gasteiger partial charge in [0, 0.05) is 25.2 Å². The van der Waals surface area contributed by atoms with Gasteiger partial charge in [0.25, 0.3) is 0 Å². The van der Waals surface area contributed by atoms with Gasteiger partial charge in [0.2, 0.25) is 5.54 Å². The molecule has 6 nitrogen and oxygen atoms in total. The molecule has 70 valence electrons. The molecule has 0 aliphatic carbocycles. The molecule has 12 heavy (non-hydrogen) atoms. The van der Waals surface area contributed by atoms with Gasteiger partial charge < -0.3 is 10.8 Å². The quantitative estimate of drug-likeness (QED) is 0.457. The summed E-state index contributed by atoms with van der Waals surface area (Å²) >= 11 is 0. The lowest BCUT2D eigenvalue weighted by Gasteiger charge is -2.17. The van der Waals surface area contributed by atoms with Crippen LogP contribution in [-0.4, -0.2) is 27.6 Å². The van der Waals surface area contributed by atoms with E-state index in [1.165, 1.54) is 13.8 Å². The van der Waals surface area contributed by atoms with Crippen LogP contribution >= 0.6 is 0 Å². The van der Waals surface area contributed by atoms with Crippen LogP contribution in [0.2, 0.25) is 0 Å². The van der Waals surface area contributed by atoms with Gasteiger partial charge in [-0.3, -0.25) is 14.9 Å². The number of rotatable bonds is 4. The van der Waals surface area contributed by atoms with Crippen molar-refractivity contribution in [3.63, 3.8) is 0 Å². The summed E-state index contributed by atoms with van der Waals surface area (Å²) in [4.78, 5) is 20.1. The molecule has 0 amide bonds. The van der Waals surface area contributed by atoms with Crippen molar-refractivity contribution in [1.29, 1.82) is 0 Å². The predicted octanol–water partition coefficient (Wildman–Crippen LogP) is -0.156. The number of hydrogen-bond donors (Lipinski definition) is 2. The number of carboxylic acids is 1. The second-order valence-electron chi connectivity index (χ2n) is 3.22. The van der Waals surface area contributed by atoms with E-state index in [1.54, 1.807) is 0 Å². The Kier molecular flexibility index (Phi) is 3.15. The third-order valence-electron chi connectivity index (χ3n) is 1.53. The topological polar surface area (TPSA) is 106 Å². The van der Waals surface area contributed by atoms with Crippen molar-refractivity contribution < 1.29 is 14.8 Å². The minimum absolute atomic E-state index is 0.171. The highest BCUT2D eigenvalue weighted by Gasteiger charge is 2.35. The molecule has 6 heteroatoms. The SMILES string of the molecule is CC(C)(CC(N)C(=O)O)[N+](=O)[O-]. The minimum atomic E-state index is -1.28. The Balaban J connectivity index is 4.24. The zero-order valence-electron chi connectivity index (χ0n) is 6.98. The number of nitrogens with two attached hydrogens (primary N) is 1. The third kappa shape index (κ3) is 2.83. The summed E-state index contributed by atoms with van der Waals surface area (Å²) in [6, 6.07) is -1.18. The fourth-order valence-electron chi connectivity index (χ4n) is 0.700. The highest BCUT2D eigenvalue weighted by molar-refractivity contribution is 5.73. The molecule has 0 bridgehead atoms. The number of carbonyl (C=O) groups is 1. The number of aliphatic carboxylic acids is 1. The van der Waals surface area contributed by atoms with Crippen LogP contribution in [0.15, 0.2) is 0 Å². The van der Waals surface area contributed by atoms with Gasteiger partial charge in [-0.1, -0.05) is 0 Å². The normalized spacial score (nSPS) is 13.9. The van der Waals surface area contributed by atoms with E-state index < -0.39 is 22.5 Å². The van der Waals surface area contributed by atoms with E-state index in [2.05, 4.69) is 0 Å². The average Bonchev–Trinajstić information content (AvgIpc) is 1.85. The average molecular weight is 176 g/mol. The van der Waals surface area contributed by atoms with Crippen molar-refractivity contribution in [2.45, 2.75) is 31.8 Å². The van der Waals surface area contributed by atoms with E-state index in [0.29, 0.717) is 0 Å². The lowest BCUT2D eigenvalue weighted by molar-refractivity contribution is -0.561. The zero-order valence-corrected chi connectivity index (χ0v) is 6.98. The van der Waals surface area contributed by atoms with Gasteiger partial charge in [-0.05, 0) is 0 Å². The minimum Gasteiger partial charge on any atom is -0.480 e. The van der Waals surface area contributed by atoms with Crippen LogP contribution < -0.4 is 5.73 Å². The fourth-order valence-corrected chi connectivity index (χ4v) is 0.700. The van der Waals surface area contributed by atoms with E-state index >= 15 is 0 Å². The molecule has 0 aromatic heterocycles. The number of nitrogens with zero attached hydrogens (tertiary/aromatic N) is 1. The zero-order chi connectivity index (χ0) is 9.94. The van der Waals surface area contributed by atoms with E-state index in [-0.39, 0.29) is 6.42 Å². The van der Waals surface area contributed by atoms with Crippen molar-refractivity contribution in [2.75, 3.05) is 0 Å². The molecular formula is C6H12N2O4. The van der Waals surface area contributed by atoms with Crippen LogP contribution in [0.5, 0.6) is 0 Å². The number of carboxylic acid groups (broad SMARTS) is 1. The second-order valence-corrected chi connectivity index (χ2v) is 3.22. The van der Waals surface area contributed by atoms with Crippen molar-refractivity contribution >= 4 is 5.97 Å². The highest BCUT2D eigenvalue weighted by atomic mass is 16.6. The molecule has 3 N–H and O–H groups in total. The van der Waals surface area contributed by atoms with Crippen molar-refractivity contribution in [3.05, 3.63) is 10.1 Å². The first-order valence-corrected chi connectivity index (χ1v) is 3.40. The molecule has 0 aliphatic heterocycles. The van der Waals surface area contributed by atoms with Gasteiger partial charge in [-0.25, -0.2) is 0 Å². The Morgan fingerprint density at radius 3 is 2.42 bits per heavy atom. The summed E-state index contributed by atoms with van der Waals surface area (Å²) in [5.41, 5.74) is 3.86. The third-order valence-corrected chi connectivity index (χ3v) is 1.53. The van der Waals surface area contributed by atoms with Gasteiger partial charge in [-0.15, -0.1) is 0 Å². The van der Waals surface area contributed by atoms with Gasteiger partial charge >= 0.3 is 5.97 Å². The van der Waals surface area contributed by atoms with Gasteiger partial charge in [0.05, 0.1) is 0 Å². The van der Waals surface area contributed by atoms with E-state index in [4.69, 9.17) is 10.8 Å². The molecule has 0 fully saturated rings. The second kappa shape index (κ2) is 3.48. The first kappa shape index (κ1) is 10.8. The van der Waals surface area contributed by atoms with Crippen molar-refractivity contribution in [1.82, 2.24) is 0 Å². The Labute approximate surface area is 69.5 Å². The summed E-state index contributed by atoms with van der Waals surface area (Å²) < 4.78 is 0. The standard InChI is InChI=1S/C6H12N2O4/c1-6(2,8(11)12)3-4(7)5(9)10/h4H,3,7H2,1-2H3,(H,9,10). The van der Waals surface area contributed by atoms with Crippen LogP contribution in [0, 0.1) is 10.1 Å². The molecule has 0 aliphatic rings. The molecule has 0 aromatic rings. The summed E-state index contributed by atoms with van der Waals surface area (Å²) in [6.07, 6.45) is -0.171. The van der Waals surface area contributed by atoms with Crippen LogP contribution in [-0.2, 0) is 4.79 Å². The van der Waals surface area contributed by atoms with Gasteiger partial charge in [0.15, 0.2) is 0 Å². The molecule has 1 unspecified atom stereocenters. The lowest BCUT2D eigenvalue weighted by Crippen LogP contribution is -2.42. The smallest absolute Gasteiger partial charge is 0.320 e. The molecule has 0 spiro atoms. The first-order chi connectivity index (χ1) is 5.27. The van der Waals surface area contributed by atoms with Crippen LogP contribution in [0.25, 0.3) is 0 Å². The summed E-state index contributed by atoms with van der Waals surface area (Å²) in [5, 5.41) is 18.7. The van der Waals surface area contributed by atoms with E-state index in [0.717, 1.165) is 0 Å². The van der Waals surface area contributed by atoms with Gasteiger partial charge in [0.1, 0.15) is 6.04 Å². The maximum absolute atomic E-state index is 10.3. The van der Waals surface area contributed by atoms with Crippen LogP contribution in [0.4, 0.5) is 0 Å². The molecule has 0 rings (SSSR count). The van der Waals surface area contributed by atoms with E-state index in [1.807, 2.05) is 0 Å². The summed E-state index contributed by atoms with van der Waals surface area (Å²) in [7, 11) is 0. The molecule has 0 aromatic carbocycles. The highest BCUT2D eigenvalue weighted by Crippen LogP contribution is 2.14. The molecule has 1 atom stereocenters. The molecular weight excluding hydrogens is 164 g/mol. The monoisotopic (exact) mass is 176 g/mol. The first-order valence-electron chi connectivity index (χ1n) is 3.40. The summed E-state index contributed by atoms with van der Waals surface area (Å²) in [6.45, 7) is 2.69. The lowest BCUT2D eigenvalue weighted by atomic mass is 9.97. The van der Waals surface area contributed by atoms with Crippen molar-refractivity contribution in [2.24, 2.45) is 5.73 Å². The Morgan fingerprint density at radius 2 is 2.17 bits per heavy atom. The van der Waals surface area contributed by atoms with Crippen LogP contribution in [0.1, 0.15) is 20.3 Å². The van der Waals surface area contributed by atoms with E-state index in [9.17, 15) is 14.9 Å². The van der Waals surface area contributed by atoms with Crippen LogP contribution in [0.3, 0.4) is 0 Å². The fraction of sp³-hybridized carbons (Fsp3) is 0.833. The Hall–Kier alpha value is -1.17. The largest absolute Gasteiger partial charge is 0.480 e. The van der Waals surface area contributed by atoms with Crippen molar-refractivity contribution in [3.8, 4) is 0 Å². The molecule has 0 saturated heterocycles. The Morgan fingerprint density at radius 1 is 1.75 bits per heavy atom. The van der Waals surface area contributed by atoms with Gasteiger partial charge in [-0.2, -0.15) is 0 Å². The summed E-state index contributed by atoms with van der Waals surface area (Å²) in [5.74, 6) is -1.22. The molecule has 0 saturated carbocycles. The number of nitro groups is 1.